The molecule has 6 N–H and O–H groups in total. The van der Waals surface area contributed by atoms with Crippen LogP contribution in [0.3, 0.4) is 0 Å². The molecule has 162 valence electrons. The third kappa shape index (κ3) is 5.13. The van der Waals surface area contributed by atoms with Gasteiger partial charge in [0.15, 0.2) is 11.6 Å². The van der Waals surface area contributed by atoms with Crippen LogP contribution in [0.1, 0.15) is 30.6 Å². The first kappa shape index (κ1) is 22.1. The number of pyridine rings is 2. The molecular weight excluding hydrogens is 402 g/mol. The predicted molar refractivity (Wildman–Crippen MR) is 117 cm³/mol. The Kier molecular flexibility index (Phi) is 6.76. The smallest absolute Gasteiger partial charge is 0.252 e. The minimum Gasteiger partial charge on any atom is -0.365 e. The van der Waals surface area contributed by atoms with E-state index in [1.54, 1.807) is 31.2 Å². The monoisotopic (exact) mass is 426 g/mol. The van der Waals surface area contributed by atoms with Gasteiger partial charge in [-0.2, -0.15) is 0 Å². The summed E-state index contributed by atoms with van der Waals surface area (Å²) >= 11 is 0. The van der Waals surface area contributed by atoms with Crippen molar-refractivity contribution in [1.82, 2.24) is 9.97 Å². The van der Waals surface area contributed by atoms with Crippen molar-refractivity contribution in [2.24, 2.45) is 11.5 Å². The second-order valence-corrected chi connectivity index (χ2v) is 7.16. The average molecular weight is 426 g/mol. The van der Waals surface area contributed by atoms with Gasteiger partial charge in [0.05, 0.1) is 17.4 Å². The van der Waals surface area contributed by atoms with E-state index in [1.165, 1.54) is 18.5 Å². The average Bonchev–Trinajstić information content (AvgIpc) is 2.73. The molecule has 1 aromatic carbocycles. The first-order chi connectivity index (χ1) is 14.8. The molecule has 0 radical (unpaired) electrons. The van der Waals surface area contributed by atoms with Crippen molar-refractivity contribution in [3.05, 3.63) is 66.0 Å². The van der Waals surface area contributed by atoms with Crippen molar-refractivity contribution >= 4 is 23.2 Å². The lowest BCUT2D eigenvalue weighted by Crippen LogP contribution is -2.38. The van der Waals surface area contributed by atoms with E-state index in [-0.39, 0.29) is 29.3 Å². The fourth-order valence-electron chi connectivity index (χ4n) is 3.14. The number of rotatable bonds is 8. The van der Waals surface area contributed by atoms with Gasteiger partial charge in [-0.25, -0.2) is 13.8 Å². The Morgan fingerprint density at radius 2 is 1.87 bits per heavy atom. The third-order valence-corrected chi connectivity index (χ3v) is 4.82. The van der Waals surface area contributed by atoms with Crippen molar-refractivity contribution in [3.8, 4) is 11.1 Å². The van der Waals surface area contributed by atoms with Crippen LogP contribution in [0, 0.1) is 11.6 Å². The molecule has 0 saturated carbocycles. The fraction of sp³-hybridized carbons (Fsp3) is 0.227. The molecule has 7 nitrogen and oxygen atoms in total. The number of primary amides is 1. The summed E-state index contributed by atoms with van der Waals surface area (Å²) in [7, 11) is 0. The molecular formula is C22H24F2N6O. The van der Waals surface area contributed by atoms with Gasteiger partial charge in [0.25, 0.3) is 5.91 Å². The lowest BCUT2D eigenvalue weighted by atomic mass is 10.1. The highest BCUT2D eigenvalue weighted by Crippen LogP contribution is 2.28. The van der Waals surface area contributed by atoms with E-state index in [1.807, 2.05) is 6.92 Å². The minimum absolute atomic E-state index is 0.0448. The molecule has 2 heterocycles. The molecule has 0 unspecified atom stereocenters. The summed E-state index contributed by atoms with van der Waals surface area (Å²) < 4.78 is 28.7. The van der Waals surface area contributed by atoms with Crippen molar-refractivity contribution in [2.75, 3.05) is 10.6 Å². The van der Waals surface area contributed by atoms with Gasteiger partial charge in [-0.3, -0.25) is 9.78 Å². The Morgan fingerprint density at radius 3 is 2.52 bits per heavy atom. The summed E-state index contributed by atoms with van der Waals surface area (Å²) in [6, 6.07) is 8.47. The topological polar surface area (TPSA) is 119 Å². The van der Waals surface area contributed by atoms with Crippen LogP contribution >= 0.6 is 0 Å². The number of nitrogens with zero attached hydrogens (tertiary/aromatic N) is 2. The zero-order valence-corrected chi connectivity index (χ0v) is 17.2. The Bertz CT molecular complexity index is 1090. The van der Waals surface area contributed by atoms with E-state index in [9.17, 15) is 13.6 Å². The lowest BCUT2D eigenvalue weighted by Gasteiger charge is -2.22. The molecule has 0 fully saturated rings. The number of amides is 1. The van der Waals surface area contributed by atoms with Gasteiger partial charge in [-0.1, -0.05) is 25.1 Å². The van der Waals surface area contributed by atoms with Gasteiger partial charge in [-0.15, -0.1) is 0 Å². The molecule has 2 atom stereocenters. The SMILES string of the molecule is CC[C@@H](Nc1nc(Nc2cncc(-c3ccccc3F)c2)c(C(N)=O)cc1F)[C@H](C)N. The van der Waals surface area contributed by atoms with E-state index >= 15 is 0 Å². The molecule has 31 heavy (non-hydrogen) atoms. The Hall–Kier alpha value is -3.59. The first-order valence-electron chi connectivity index (χ1n) is 9.79. The highest BCUT2D eigenvalue weighted by Gasteiger charge is 2.20. The van der Waals surface area contributed by atoms with E-state index in [0.717, 1.165) is 6.07 Å². The summed E-state index contributed by atoms with van der Waals surface area (Å²) in [6.07, 6.45) is 3.63. The molecule has 0 saturated heterocycles. The number of nitrogens with two attached hydrogens (primary N) is 2. The maximum atomic E-state index is 14.6. The number of aromatic nitrogens is 2. The number of benzene rings is 1. The van der Waals surface area contributed by atoms with E-state index in [0.29, 0.717) is 23.2 Å². The Labute approximate surface area is 178 Å². The predicted octanol–water partition coefficient (Wildman–Crippen LogP) is 3.80. The lowest BCUT2D eigenvalue weighted by molar-refractivity contribution is 0.100. The maximum absolute atomic E-state index is 14.6. The van der Waals surface area contributed by atoms with E-state index < -0.39 is 17.5 Å². The second-order valence-electron chi connectivity index (χ2n) is 7.16. The second kappa shape index (κ2) is 9.48. The third-order valence-electron chi connectivity index (χ3n) is 4.82. The zero-order valence-electron chi connectivity index (χ0n) is 17.2. The van der Waals surface area contributed by atoms with Crippen LogP contribution in [0.25, 0.3) is 11.1 Å². The molecule has 3 aromatic rings. The van der Waals surface area contributed by atoms with Crippen LogP contribution in [0.5, 0.6) is 0 Å². The van der Waals surface area contributed by atoms with Crippen LogP contribution < -0.4 is 22.1 Å². The normalized spacial score (nSPS) is 12.8. The number of anilines is 3. The number of hydrogen-bond acceptors (Lipinski definition) is 6. The van der Waals surface area contributed by atoms with E-state index in [2.05, 4.69) is 20.6 Å². The van der Waals surface area contributed by atoms with Crippen molar-refractivity contribution in [2.45, 2.75) is 32.4 Å². The first-order valence-corrected chi connectivity index (χ1v) is 9.79. The molecule has 3 rings (SSSR count). The fourth-order valence-corrected chi connectivity index (χ4v) is 3.14. The van der Waals surface area contributed by atoms with Gasteiger partial charge in [0.1, 0.15) is 11.6 Å². The molecule has 1 amide bonds. The van der Waals surface area contributed by atoms with Gasteiger partial charge >= 0.3 is 0 Å². The summed E-state index contributed by atoms with van der Waals surface area (Å²) in [4.78, 5) is 20.2. The number of hydrogen-bond donors (Lipinski definition) is 4. The van der Waals surface area contributed by atoms with Gasteiger partial charge in [0.2, 0.25) is 0 Å². The van der Waals surface area contributed by atoms with Crippen molar-refractivity contribution < 1.29 is 13.6 Å². The van der Waals surface area contributed by atoms with Crippen LogP contribution in [-0.4, -0.2) is 28.0 Å². The molecule has 9 heteroatoms. The quantitative estimate of drug-likeness (QED) is 0.435. The maximum Gasteiger partial charge on any atom is 0.252 e. The van der Waals surface area contributed by atoms with Crippen molar-refractivity contribution in [3.63, 3.8) is 0 Å². The minimum atomic E-state index is -0.849. The molecule has 0 spiro atoms. The molecule has 0 aliphatic rings. The number of carbonyl (C=O) groups is 1. The molecule has 2 aromatic heterocycles. The highest BCUT2D eigenvalue weighted by molar-refractivity contribution is 5.98. The van der Waals surface area contributed by atoms with Crippen molar-refractivity contribution in [1.29, 1.82) is 0 Å². The summed E-state index contributed by atoms with van der Waals surface area (Å²) in [5.41, 5.74) is 12.5. The largest absolute Gasteiger partial charge is 0.365 e. The molecule has 0 aliphatic heterocycles. The summed E-state index contributed by atoms with van der Waals surface area (Å²) in [6.45, 7) is 3.71. The van der Waals surface area contributed by atoms with Gasteiger partial charge in [0, 0.05) is 29.4 Å². The van der Waals surface area contributed by atoms with E-state index in [4.69, 9.17) is 11.5 Å². The zero-order chi connectivity index (χ0) is 22.5. The van der Waals surface area contributed by atoms with Gasteiger partial charge in [-0.05, 0) is 31.5 Å². The molecule has 0 bridgehead atoms. The van der Waals surface area contributed by atoms with Gasteiger partial charge < -0.3 is 22.1 Å². The standard InChI is InChI=1S/C22H24F2N6O/c1-3-19(12(2)25)29-22-18(24)9-16(20(26)31)21(30-22)28-14-8-13(10-27-11-14)15-6-4-5-7-17(15)23/h4-12,19H,3,25H2,1-2H3,(H2,26,31)(H2,28,29,30)/t12-,19+/m0/s1. The van der Waals surface area contributed by atoms with Crippen LogP contribution in [0.15, 0.2) is 48.8 Å². The summed E-state index contributed by atoms with van der Waals surface area (Å²) in [5, 5.41) is 5.90. The van der Waals surface area contributed by atoms with Crippen LogP contribution in [0.4, 0.5) is 26.1 Å². The molecule has 0 aliphatic carbocycles. The Morgan fingerprint density at radius 1 is 1.13 bits per heavy atom. The van der Waals surface area contributed by atoms with Crippen LogP contribution in [0.2, 0.25) is 0 Å². The number of carbonyl (C=O) groups excluding carboxylic acids is 1. The number of halogens is 2. The summed E-state index contributed by atoms with van der Waals surface area (Å²) in [5.74, 6) is -1.99. The number of nitrogens with one attached hydrogen (secondary N) is 2. The van der Waals surface area contributed by atoms with Crippen LogP contribution in [-0.2, 0) is 0 Å². The highest BCUT2D eigenvalue weighted by atomic mass is 19.1. The Balaban J connectivity index is 1.98.